The van der Waals surface area contributed by atoms with Crippen molar-refractivity contribution in [3.63, 3.8) is 0 Å². The van der Waals surface area contributed by atoms with Crippen LogP contribution in [0.5, 0.6) is 0 Å². The number of nitrogens with zero attached hydrogens (tertiary/aromatic N) is 5. The summed E-state index contributed by atoms with van der Waals surface area (Å²) in [5, 5.41) is 2.70. The Labute approximate surface area is 196 Å². The largest absolute Gasteiger partial charge is 0.341 e. The third kappa shape index (κ3) is 4.19. The van der Waals surface area contributed by atoms with E-state index in [1.165, 1.54) is 28.2 Å². The van der Waals surface area contributed by atoms with Crippen molar-refractivity contribution < 1.29 is 14.4 Å². The molecule has 3 amide bonds. The van der Waals surface area contributed by atoms with Crippen LogP contribution < -0.4 is 10.2 Å². The van der Waals surface area contributed by atoms with Gasteiger partial charge in [-0.3, -0.25) is 19.1 Å². The van der Waals surface area contributed by atoms with Crippen molar-refractivity contribution in [2.75, 3.05) is 24.5 Å². The van der Waals surface area contributed by atoms with Crippen LogP contribution >= 0.6 is 0 Å². The number of amides is 3. The lowest BCUT2D eigenvalue weighted by Crippen LogP contribution is -2.51. The van der Waals surface area contributed by atoms with Crippen molar-refractivity contribution >= 4 is 29.2 Å². The van der Waals surface area contributed by atoms with E-state index in [1.54, 1.807) is 4.90 Å². The van der Waals surface area contributed by atoms with E-state index in [2.05, 4.69) is 10.3 Å². The van der Waals surface area contributed by atoms with Crippen molar-refractivity contribution in [1.29, 1.82) is 0 Å². The molecule has 9 nitrogen and oxygen atoms in total. The molecule has 1 aromatic heterocycles. The fourth-order valence-electron chi connectivity index (χ4n) is 4.29. The Balaban J connectivity index is 1.57. The minimum atomic E-state index is -1.22. The predicted octanol–water partition coefficient (Wildman–Crippen LogP) is 2.27. The Bertz CT molecular complexity index is 1230. The maximum atomic E-state index is 13.7. The van der Waals surface area contributed by atoms with Gasteiger partial charge in [-0.25, -0.2) is 14.8 Å². The number of benzene rings is 2. The van der Waals surface area contributed by atoms with Gasteiger partial charge in [0.15, 0.2) is 0 Å². The molecule has 0 spiro atoms. The van der Waals surface area contributed by atoms with Crippen LogP contribution in [0.1, 0.15) is 24.0 Å². The second-order valence-corrected chi connectivity index (χ2v) is 8.20. The molecule has 0 radical (unpaired) electrons. The molecule has 0 aliphatic carbocycles. The van der Waals surface area contributed by atoms with Gasteiger partial charge in [0.05, 0.1) is 11.4 Å². The van der Waals surface area contributed by atoms with Crippen molar-refractivity contribution in [3.05, 3.63) is 84.4 Å². The highest BCUT2D eigenvalue weighted by atomic mass is 16.2. The Kier molecular flexibility index (Phi) is 5.90. The molecule has 34 heavy (non-hydrogen) atoms. The van der Waals surface area contributed by atoms with Crippen LogP contribution in [-0.4, -0.2) is 63.8 Å². The number of imidazole rings is 1. The molecular formula is C25H24N6O3. The van der Waals surface area contributed by atoms with Gasteiger partial charge in [0.1, 0.15) is 12.9 Å². The maximum absolute atomic E-state index is 13.7. The quantitative estimate of drug-likeness (QED) is 0.651. The summed E-state index contributed by atoms with van der Waals surface area (Å²) >= 11 is 0. The molecule has 2 aromatic carbocycles. The summed E-state index contributed by atoms with van der Waals surface area (Å²) in [6, 6.07) is 16.3. The van der Waals surface area contributed by atoms with Gasteiger partial charge >= 0.3 is 6.03 Å². The summed E-state index contributed by atoms with van der Waals surface area (Å²) in [5.74, 6) is -0.595. The first-order valence-corrected chi connectivity index (χ1v) is 11.2. The first kappa shape index (κ1) is 21.6. The summed E-state index contributed by atoms with van der Waals surface area (Å²) in [4.78, 5) is 51.4. The fourth-order valence-corrected chi connectivity index (χ4v) is 4.29. The third-order valence-electron chi connectivity index (χ3n) is 6.01. The van der Waals surface area contributed by atoms with E-state index in [0.29, 0.717) is 24.5 Å². The lowest BCUT2D eigenvalue weighted by Gasteiger charge is -2.27. The highest BCUT2D eigenvalue weighted by molar-refractivity contribution is 6.20. The number of para-hydroxylation sites is 1. The number of anilines is 1. The normalized spacial score (nSPS) is 17.7. The van der Waals surface area contributed by atoms with Crippen LogP contribution in [0.25, 0.3) is 0 Å². The predicted molar refractivity (Wildman–Crippen MR) is 127 cm³/mol. The summed E-state index contributed by atoms with van der Waals surface area (Å²) in [6.45, 7) is 1.26. The van der Waals surface area contributed by atoms with Gasteiger partial charge in [0, 0.05) is 36.6 Å². The van der Waals surface area contributed by atoms with Crippen LogP contribution in [0.15, 0.2) is 78.3 Å². The molecule has 2 aliphatic heterocycles. The molecule has 9 heteroatoms. The molecule has 1 atom stereocenters. The van der Waals surface area contributed by atoms with Gasteiger partial charge in [-0.2, -0.15) is 0 Å². The van der Waals surface area contributed by atoms with Gasteiger partial charge in [-0.05, 0) is 18.9 Å². The van der Waals surface area contributed by atoms with Gasteiger partial charge in [0.2, 0.25) is 12.1 Å². The van der Waals surface area contributed by atoms with Crippen LogP contribution in [0, 0.1) is 0 Å². The minimum Gasteiger partial charge on any atom is -0.341 e. The summed E-state index contributed by atoms with van der Waals surface area (Å²) < 4.78 is 1.24. The number of aromatic nitrogens is 2. The smallest absolute Gasteiger partial charge is 0.328 e. The van der Waals surface area contributed by atoms with E-state index in [1.807, 2.05) is 54.6 Å². The van der Waals surface area contributed by atoms with Gasteiger partial charge in [0.25, 0.3) is 5.91 Å². The van der Waals surface area contributed by atoms with Crippen LogP contribution in [0.2, 0.25) is 0 Å². The zero-order chi connectivity index (χ0) is 23.5. The average Bonchev–Trinajstić information content (AvgIpc) is 3.58. The lowest BCUT2D eigenvalue weighted by atomic mass is 10.0. The number of carbonyl (C=O) groups excluding carboxylic acids is 3. The Morgan fingerprint density at radius 1 is 1.00 bits per heavy atom. The highest BCUT2D eigenvalue weighted by Gasteiger charge is 2.35. The zero-order valence-corrected chi connectivity index (χ0v) is 18.5. The number of nitrogens with one attached hydrogen (secondary N) is 1. The van der Waals surface area contributed by atoms with E-state index in [4.69, 9.17) is 4.99 Å². The van der Waals surface area contributed by atoms with Crippen molar-refractivity contribution in [2.24, 2.45) is 4.99 Å². The summed E-state index contributed by atoms with van der Waals surface area (Å²) in [6.07, 6.45) is 5.01. The number of rotatable bonds is 4. The molecule has 0 saturated carbocycles. The zero-order valence-electron chi connectivity index (χ0n) is 18.5. The number of aliphatic imine (C=N–C) groups is 1. The number of carbonyl (C=O) groups is 3. The third-order valence-corrected chi connectivity index (χ3v) is 6.01. The first-order valence-electron chi connectivity index (χ1n) is 11.2. The molecule has 1 unspecified atom stereocenters. The molecule has 2 aliphatic rings. The topological polar surface area (TPSA) is 99.9 Å². The highest BCUT2D eigenvalue weighted by Crippen LogP contribution is 2.28. The molecule has 1 fully saturated rings. The number of hydrogen-bond donors (Lipinski definition) is 1. The molecule has 3 heterocycles. The molecule has 0 bridgehead atoms. The molecule has 1 saturated heterocycles. The fraction of sp³-hybridized carbons (Fsp3) is 0.240. The summed E-state index contributed by atoms with van der Waals surface area (Å²) in [5.41, 5.74) is 2.67. The molecule has 172 valence electrons. The summed E-state index contributed by atoms with van der Waals surface area (Å²) in [7, 11) is 0. The van der Waals surface area contributed by atoms with Gasteiger partial charge in [-0.1, -0.05) is 48.5 Å². The maximum Gasteiger partial charge on any atom is 0.328 e. The van der Waals surface area contributed by atoms with Gasteiger partial charge < -0.3 is 10.2 Å². The Morgan fingerprint density at radius 3 is 2.47 bits per heavy atom. The van der Waals surface area contributed by atoms with Crippen LogP contribution in [0.4, 0.5) is 10.5 Å². The van der Waals surface area contributed by atoms with Crippen molar-refractivity contribution in [1.82, 2.24) is 19.8 Å². The van der Waals surface area contributed by atoms with E-state index in [0.717, 1.165) is 24.0 Å². The van der Waals surface area contributed by atoms with Crippen LogP contribution in [-0.2, 0) is 9.59 Å². The molecular weight excluding hydrogens is 432 g/mol. The Hall–Kier alpha value is -4.27. The Morgan fingerprint density at radius 2 is 1.74 bits per heavy atom. The molecule has 5 rings (SSSR count). The van der Waals surface area contributed by atoms with Crippen LogP contribution in [0.3, 0.4) is 0 Å². The van der Waals surface area contributed by atoms with E-state index < -0.39 is 18.1 Å². The molecule has 1 N–H and O–H groups in total. The van der Waals surface area contributed by atoms with Crippen molar-refractivity contribution in [3.8, 4) is 0 Å². The van der Waals surface area contributed by atoms with E-state index in [-0.39, 0.29) is 12.5 Å². The SMILES string of the molecule is O=C(CN1C(=O)C(NC(=O)n2ccnc2)N=C(c2ccccc2)c2ccccc21)N1CCCC1. The number of hydrogen-bond acceptors (Lipinski definition) is 5. The molecule has 3 aromatic rings. The number of likely N-dealkylation sites (tertiary alicyclic amines) is 1. The van der Waals surface area contributed by atoms with Gasteiger partial charge in [-0.15, -0.1) is 0 Å². The van der Waals surface area contributed by atoms with E-state index >= 15 is 0 Å². The standard InChI is InChI=1S/C25H24N6O3/c32-21(29-13-6-7-14-29)16-31-20-11-5-4-10-19(20)22(18-8-2-1-3-9-18)27-23(24(31)33)28-25(34)30-15-12-26-17-30/h1-5,8-12,15,17,23H,6-7,13-14,16H2,(H,28,34). The first-order chi connectivity index (χ1) is 16.6. The lowest BCUT2D eigenvalue weighted by molar-refractivity contribution is -0.130. The second-order valence-electron chi connectivity index (χ2n) is 8.20. The number of benzodiazepines with no additional fused rings is 1. The monoisotopic (exact) mass is 456 g/mol. The number of fused-ring (bicyclic) bond motifs is 1. The van der Waals surface area contributed by atoms with Crippen molar-refractivity contribution in [2.45, 2.75) is 19.0 Å². The second kappa shape index (κ2) is 9.30. The minimum absolute atomic E-state index is 0.120. The average molecular weight is 457 g/mol. The van der Waals surface area contributed by atoms with E-state index in [9.17, 15) is 14.4 Å².